The third-order valence-corrected chi connectivity index (χ3v) is 12.8. The van der Waals surface area contributed by atoms with Gasteiger partial charge in [0.15, 0.2) is 0 Å². The van der Waals surface area contributed by atoms with Crippen LogP contribution in [-0.4, -0.2) is 5.71 Å². The molecule has 1 aliphatic carbocycles. The summed E-state index contributed by atoms with van der Waals surface area (Å²) in [5, 5.41) is 2.58. The van der Waals surface area contributed by atoms with Crippen molar-refractivity contribution >= 4 is 48.5 Å². The Kier molecular flexibility index (Phi) is 8.69. The Bertz CT molecular complexity index is 2800. The maximum Gasteiger partial charge on any atom is 0.0750 e. The van der Waals surface area contributed by atoms with Crippen molar-refractivity contribution < 1.29 is 0 Å². The monoisotopic (exact) mass is 723 g/mol. The van der Waals surface area contributed by atoms with Crippen molar-refractivity contribution in [2.24, 2.45) is 4.99 Å². The first-order valence-electron chi connectivity index (χ1n) is 19.6. The molecule has 1 unspecified atom stereocenters. The summed E-state index contributed by atoms with van der Waals surface area (Å²) in [6, 6.07) is 62.8. The van der Waals surface area contributed by atoms with Crippen LogP contribution in [0.25, 0.3) is 53.7 Å². The zero-order valence-electron chi connectivity index (χ0n) is 31.0. The summed E-state index contributed by atoms with van der Waals surface area (Å²) in [5.74, 6) is 0.361. The van der Waals surface area contributed by atoms with E-state index in [4.69, 9.17) is 4.99 Å². The third-order valence-electron chi connectivity index (χ3n) is 11.6. The van der Waals surface area contributed by atoms with E-state index < -0.39 is 0 Å². The summed E-state index contributed by atoms with van der Waals surface area (Å²) in [4.78, 5) is 5.62. The van der Waals surface area contributed by atoms with Crippen molar-refractivity contribution in [2.75, 3.05) is 0 Å². The molecule has 8 aromatic rings. The number of aliphatic imine (C=N–C) groups is 1. The third kappa shape index (κ3) is 6.08. The molecule has 1 aliphatic heterocycles. The van der Waals surface area contributed by atoms with Crippen molar-refractivity contribution in [1.82, 2.24) is 0 Å². The van der Waals surface area contributed by atoms with E-state index in [1.807, 2.05) is 11.3 Å². The lowest BCUT2D eigenvalue weighted by molar-refractivity contribution is 0.726. The number of rotatable bonds is 6. The highest BCUT2D eigenvalue weighted by molar-refractivity contribution is 7.25. The van der Waals surface area contributed by atoms with Gasteiger partial charge in [-0.2, -0.15) is 0 Å². The Morgan fingerprint density at radius 1 is 0.582 bits per heavy atom. The predicted octanol–water partition coefficient (Wildman–Crippen LogP) is 14.6. The van der Waals surface area contributed by atoms with Gasteiger partial charge >= 0.3 is 0 Å². The zero-order valence-corrected chi connectivity index (χ0v) is 31.8. The lowest BCUT2D eigenvalue weighted by Crippen LogP contribution is -2.02. The van der Waals surface area contributed by atoms with E-state index in [1.54, 1.807) is 0 Å². The van der Waals surface area contributed by atoms with Gasteiger partial charge in [0.2, 0.25) is 0 Å². The molecule has 2 heteroatoms. The topological polar surface area (TPSA) is 12.4 Å². The predicted molar refractivity (Wildman–Crippen MR) is 236 cm³/mol. The second-order valence-corrected chi connectivity index (χ2v) is 15.8. The van der Waals surface area contributed by atoms with Gasteiger partial charge in [0.25, 0.3) is 0 Å². The summed E-state index contributed by atoms with van der Waals surface area (Å²) in [7, 11) is 0. The summed E-state index contributed by atoms with van der Waals surface area (Å²) in [6.45, 7) is 2.28. The molecule has 55 heavy (non-hydrogen) atoms. The van der Waals surface area contributed by atoms with Crippen LogP contribution in [0.1, 0.15) is 65.5 Å². The molecule has 264 valence electrons. The van der Waals surface area contributed by atoms with Crippen LogP contribution in [0.15, 0.2) is 186 Å². The maximum atomic E-state index is 5.62. The Balaban J connectivity index is 1.16. The molecule has 0 N–H and O–H groups in total. The second kappa shape index (κ2) is 14.3. The molecule has 0 bridgehead atoms. The van der Waals surface area contributed by atoms with Crippen molar-refractivity contribution in [3.63, 3.8) is 0 Å². The van der Waals surface area contributed by atoms with Crippen LogP contribution >= 0.6 is 11.3 Å². The van der Waals surface area contributed by atoms with Gasteiger partial charge in [0.1, 0.15) is 0 Å². The summed E-state index contributed by atoms with van der Waals surface area (Å²) < 4.78 is 2.59. The molecule has 0 spiro atoms. The van der Waals surface area contributed by atoms with E-state index in [2.05, 4.69) is 183 Å². The Morgan fingerprint density at radius 2 is 1.27 bits per heavy atom. The number of thiophene rings is 1. The molecule has 0 amide bonds. The molecule has 1 nitrogen and oxygen atoms in total. The number of allylic oxidation sites excluding steroid dienone is 3. The molecular formula is C53H41NS. The van der Waals surface area contributed by atoms with E-state index >= 15 is 0 Å². The standard InChI is InChI=1S/C53H41NS/c1-2-41-43(35-15-6-3-7-16-35)30-31-49(38-20-10-5-11-21-38)54-53(41)46-23-14-24-51-52(46)48-34-40(27-32-50(48)55-51)39-26-29-45-44(36-17-8-4-9-18-36)28-25-37-19-12-13-22-42(37)47(45)33-39/h3-24,26-27,29-30,32-34,44H,2,25,28,31H2,1H3. The van der Waals surface area contributed by atoms with Gasteiger partial charge in [-0.05, 0) is 105 Å². The molecule has 7 aromatic carbocycles. The lowest BCUT2D eigenvalue weighted by atomic mass is 9.84. The highest BCUT2D eigenvalue weighted by atomic mass is 32.1. The average molecular weight is 724 g/mol. The van der Waals surface area contributed by atoms with E-state index in [-0.39, 0.29) is 0 Å². The maximum absolute atomic E-state index is 5.62. The van der Waals surface area contributed by atoms with Crippen LogP contribution in [0.4, 0.5) is 0 Å². The molecule has 1 aromatic heterocycles. The lowest BCUT2D eigenvalue weighted by Gasteiger charge is -2.19. The van der Waals surface area contributed by atoms with Crippen LogP contribution < -0.4 is 0 Å². The first-order valence-corrected chi connectivity index (χ1v) is 20.4. The van der Waals surface area contributed by atoms with Gasteiger partial charge in [-0.3, -0.25) is 4.99 Å². The Hall–Kier alpha value is -6.09. The molecule has 0 saturated heterocycles. The molecule has 2 heterocycles. The highest BCUT2D eigenvalue weighted by Crippen LogP contribution is 2.46. The number of aryl methyl sites for hydroxylation is 1. The summed E-state index contributed by atoms with van der Waals surface area (Å²) in [5.41, 5.74) is 17.8. The van der Waals surface area contributed by atoms with Gasteiger partial charge in [0, 0.05) is 38.1 Å². The summed E-state index contributed by atoms with van der Waals surface area (Å²) >= 11 is 1.88. The number of hydrogen-bond acceptors (Lipinski definition) is 2. The van der Waals surface area contributed by atoms with Crippen LogP contribution in [0.3, 0.4) is 0 Å². The van der Waals surface area contributed by atoms with Crippen LogP contribution in [0, 0.1) is 0 Å². The van der Waals surface area contributed by atoms with Crippen molar-refractivity contribution in [3.8, 4) is 22.3 Å². The minimum absolute atomic E-state index is 0.361. The Labute approximate surface area is 327 Å². The zero-order chi connectivity index (χ0) is 36.7. The van der Waals surface area contributed by atoms with Gasteiger partial charge in [-0.25, -0.2) is 0 Å². The largest absolute Gasteiger partial charge is 0.252 e. The molecule has 10 rings (SSSR count). The fraction of sp³-hybridized carbons (Fsp3) is 0.113. The molecular weight excluding hydrogens is 683 g/mol. The van der Waals surface area contributed by atoms with Crippen molar-refractivity contribution in [1.29, 1.82) is 0 Å². The average Bonchev–Trinajstić information content (AvgIpc) is 3.40. The fourth-order valence-corrected chi connectivity index (χ4v) is 10.1. The highest BCUT2D eigenvalue weighted by Gasteiger charge is 2.25. The van der Waals surface area contributed by atoms with E-state index in [9.17, 15) is 0 Å². The number of hydrogen-bond donors (Lipinski definition) is 0. The van der Waals surface area contributed by atoms with Crippen LogP contribution in [0.2, 0.25) is 0 Å². The van der Waals surface area contributed by atoms with Gasteiger partial charge in [-0.1, -0.05) is 159 Å². The van der Waals surface area contributed by atoms with Crippen LogP contribution in [0.5, 0.6) is 0 Å². The minimum atomic E-state index is 0.361. The normalized spacial score (nSPS) is 15.5. The molecule has 0 fully saturated rings. The van der Waals surface area contributed by atoms with E-state index in [0.29, 0.717) is 5.92 Å². The molecule has 2 aliphatic rings. The SMILES string of the molecule is CCC1=C(c2cccc3sc4ccc(-c5ccc6c(c5)-c5ccccc5CCC6c5ccccc5)cc4c23)N=C(c2ccccc2)CC=C1c1ccccc1. The fourth-order valence-electron chi connectivity index (χ4n) is 8.97. The minimum Gasteiger partial charge on any atom is -0.252 e. The molecule has 0 saturated carbocycles. The Morgan fingerprint density at radius 3 is 2.07 bits per heavy atom. The molecule has 0 radical (unpaired) electrons. The smallest absolute Gasteiger partial charge is 0.0750 e. The molecule has 1 atom stereocenters. The van der Waals surface area contributed by atoms with Crippen molar-refractivity contribution in [3.05, 3.63) is 215 Å². The second-order valence-electron chi connectivity index (χ2n) is 14.7. The number of benzene rings is 7. The van der Waals surface area contributed by atoms with Crippen LogP contribution in [-0.2, 0) is 6.42 Å². The van der Waals surface area contributed by atoms with E-state index in [1.165, 1.54) is 87.0 Å². The number of fused-ring (bicyclic) bond motifs is 6. The van der Waals surface area contributed by atoms with Crippen molar-refractivity contribution in [2.45, 2.75) is 38.5 Å². The first-order chi connectivity index (χ1) is 27.2. The van der Waals surface area contributed by atoms with E-state index in [0.717, 1.165) is 37.1 Å². The van der Waals surface area contributed by atoms with Gasteiger partial charge < -0.3 is 0 Å². The van der Waals surface area contributed by atoms with Gasteiger partial charge in [0.05, 0.1) is 11.4 Å². The number of nitrogens with zero attached hydrogens (tertiary/aromatic N) is 1. The summed E-state index contributed by atoms with van der Waals surface area (Å²) in [6.07, 6.45) is 6.23. The van der Waals surface area contributed by atoms with Gasteiger partial charge in [-0.15, -0.1) is 11.3 Å². The first kappa shape index (κ1) is 33.5. The quantitative estimate of drug-likeness (QED) is 0.162.